The van der Waals surface area contributed by atoms with Crippen molar-refractivity contribution in [3.8, 4) is 0 Å². The molecule has 2 heteroatoms. The Morgan fingerprint density at radius 3 is 2.38 bits per heavy atom. The van der Waals surface area contributed by atoms with Crippen LogP contribution in [0.3, 0.4) is 0 Å². The number of fused-ring (bicyclic) bond motifs is 2. The minimum absolute atomic E-state index is 0.989. The summed E-state index contributed by atoms with van der Waals surface area (Å²) in [5.41, 5.74) is 6.43. The molecular weight excluding hydrogens is 322 g/mol. The average molecular weight is 340 g/mol. The van der Waals surface area contributed by atoms with Gasteiger partial charge in [-0.15, -0.1) is 0 Å². The lowest BCUT2D eigenvalue weighted by Crippen LogP contribution is -2.06. The van der Waals surface area contributed by atoms with E-state index in [-0.39, 0.29) is 0 Å². The molecule has 0 aliphatic heterocycles. The van der Waals surface area contributed by atoms with Gasteiger partial charge in [0.2, 0.25) is 0 Å². The Labute approximate surface area is 134 Å². The van der Waals surface area contributed by atoms with E-state index in [1.807, 2.05) is 7.05 Å². The molecule has 0 bridgehead atoms. The molecule has 3 rings (SSSR count). The Morgan fingerprint density at radius 2 is 1.62 bits per heavy atom. The summed E-state index contributed by atoms with van der Waals surface area (Å²) in [6.07, 6.45) is 5.58. The van der Waals surface area contributed by atoms with E-state index >= 15 is 0 Å². The molecular formula is C19H18BrN. The summed E-state index contributed by atoms with van der Waals surface area (Å²) in [7, 11) is 1.99. The molecule has 0 amide bonds. The first-order chi connectivity index (χ1) is 10.3. The van der Waals surface area contributed by atoms with Crippen molar-refractivity contribution in [2.75, 3.05) is 13.6 Å². The molecule has 0 heterocycles. The minimum atomic E-state index is 0.989. The highest BCUT2D eigenvalue weighted by Crippen LogP contribution is 2.39. The molecule has 1 N–H and O–H groups in total. The molecule has 0 unspecified atom stereocenters. The summed E-state index contributed by atoms with van der Waals surface area (Å²) < 4.78 is 1.14. The highest BCUT2D eigenvalue weighted by molar-refractivity contribution is 9.15. The highest BCUT2D eigenvalue weighted by Gasteiger charge is 2.17. The molecule has 21 heavy (non-hydrogen) atoms. The van der Waals surface area contributed by atoms with E-state index < -0.39 is 0 Å². The maximum Gasteiger partial charge on any atom is 0.0260 e. The van der Waals surface area contributed by atoms with E-state index in [0.717, 1.165) is 17.4 Å². The van der Waals surface area contributed by atoms with Crippen molar-refractivity contribution < 1.29 is 0 Å². The normalized spacial score (nSPS) is 15.1. The van der Waals surface area contributed by atoms with E-state index in [1.165, 1.54) is 27.8 Å². The fourth-order valence-electron chi connectivity index (χ4n) is 2.73. The number of hydrogen-bond acceptors (Lipinski definition) is 1. The number of halogens is 1. The van der Waals surface area contributed by atoms with Gasteiger partial charge in [0.1, 0.15) is 0 Å². The SMILES string of the molecule is CNCCC=C1c2ccccc2C=C(Br)c2ccccc21. The molecule has 106 valence electrons. The van der Waals surface area contributed by atoms with Gasteiger partial charge in [-0.25, -0.2) is 0 Å². The van der Waals surface area contributed by atoms with Gasteiger partial charge in [0.05, 0.1) is 0 Å². The molecule has 0 saturated heterocycles. The second-order valence-corrected chi connectivity index (χ2v) is 5.99. The van der Waals surface area contributed by atoms with Crippen LogP contribution < -0.4 is 5.32 Å². The summed E-state index contributed by atoms with van der Waals surface area (Å²) >= 11 is 3.74. The van der Waals surface area contributed by atoms with Crippen molar-refractivity contribution in [1.29, 1.82) is 0 Å². The molecule has 0 saturated carbocycles. The fraction of sp³-hybridized carbons (Fsp3) is 0.158. The third kappa shape index (κ3) is 2.87. The first kappa shape index (κ1) is 14.3. The minimum Gasteiger partial charge on any atom is -0.319 e. The predicted molar refractivity (Wildman–Crippen MR) is 95.3 cm³/mol. The van der Waals surface area contributed by atoms with Crippen LogP contribution in [0.2, 0.25) is 0 Å². The van der Waals surface area contributed by atoms with Gasteiger partial charge in [-0.05, 0) is 53.9 Å². The lowest BCUT2D eigenvalue weighted by atomic mass is 9.93. The van der Waals surface area contributed by atoms with Crippen LogP contribution in [0.4, 0.5) is 0 Å². The van der Waals surface area contributed by atoms with Crippen LogP contribution in [0.5, 0.6) is 0 Å². The molecule has 1 aliphatic carbocycles. The maximum absolute atomic E-state index is 3.74. The second-order valence-electron chi connectivity index (χ2n) is 5.14. The van der Waals surface area contributed by atoms with Crippen LogP contribution in [0.15, 0.2) is 54.6 Å². The van der Waals surface area contributed by atoms with Crippen LogP contribution in [0, 0.1) is 0 Å². The Balaban J connectivity index is 2.21. The molecule has 1 nitrogen and oxygen atoms in total. The molecule has 0 radical (unpaired) electrons. The fourth-order valence-corrected chi connectivity index (χ4v) is 3.33. The number of rotatable bonds is 3. The van der Waals surface area contributed by atoms with E-state index in [1.54, 1.807) is 0 Å². The number of hydrogen-bond donors (Lipinski definition) is 1. The molecule has 0 fully saturated rings. The Morgan fingerprint density at radius 1 is 0.952 bits per heavy atom. The highest BCUT2D eigenvalue weighted by atomic mass is 79.9. The Kier molecular flexibility index (Phi) is 4.37. The van der Waals surface area contributed by atoms with Crippen molar-refractivity contribution in [2.45, 2.75) is 6.42 Å². The first-order valence-corrected chi connectivity index (χ1v) is 8.01. The van der Waals surface area contributed by atoms with E-state index in [4.69, 9.17) is 0 Å². The molecule has 0 spiro atoms. The monoisotopic (exact) mass is 339 g/mol. The van der Waals surface area contributed by atoms with Crippen molar-refractivity contribution in [1.82, 2.24) is 5.32 Å². The molecule has 0 aromatic heterocycles. The van der Waals surface area contributed by atoms with Gasteiger partial charge < -0.3 is 5.32 Å². The second kappa shape index (κ2) is 6.42. The van der Waals surface area contributed by atoms with Crippen LogP contribution in [0.25, 0.3) is 16.1 Å². The summed E-state index contributed by atoms with van der Waals surface area (Å²) in [4.78, 5) is 0. The van der Waals surface area contributed by atoms with Crippen LogP contribution >= 0.6 is 15.9 Å². The Hall–Kier alpha value is -1.64. The first-order valence-electron chi connectivity index (χ1n) is 7.22. The molecule has 2 aromatic rings. The molecule has 2 aromatic carbocycles. The van der Waals surface area contributed by atoms with E-state index in [0.29, 0.717) is 0 Å². The molecule has 0 atom stereocenters. The van der Waals surface area contributed by atoms with Gasteiger partial charge in [0.25, 0.3) is 0 Å². The topological polar surface area (TPSA) is 12.0 Å². The number of nitrogens with one attached hydrogen (secondary N) is 1. The van der Waals surface area contributed by atoms with E-state index in [2.05, 4.69) is 81.9 Å². The van der Waals surface area contributed by atoms with Gasteiger partial charge in [0.15, 0.2) is 0 Å². The van der Waals surface area contributed by atoms with Crippen LogP contribution in [-0.2, 0) is 0 Å². The zero-order chi connectivity index (χ0) is 14.7. The number of benzene rings is 2. The summed E-state index contributed by atoms with van der Waals surface area (Å²) in [6, 6.07) is 17.2. The summed E-state index contributed by atoms with van der Waals surface area (Å²) in [5.74, 6) is 0. The average Bonchev–Trinajstić information content (AvgIpc) is 2.63. The van der Waals surface area contributed by atoms with Crippen molar-refractivity contribution >= 4 is 32.1 Å². The van der Waals surface area contributed by atoms with Gasteiger partial charge >= 0.3 is 0 Å². The predicted octanol–water partition coefficient (Wildman–Crippen LogP) is 4.93. The van der Waals surface area contributed by atoms with Gasteiger partial charge in [0, 0.05) is 4.48 Å². The zero-order valence-electron chi connectivity index (χ0n) is 12.1. The van der Waals surface area contributed by atoms with Gasteiger partial charge in [-0.2, -0.15) is 0 Å². The van der Waals surface area contributed by atoms with Crippen molar-refractivity contribution in [3.05, 3.63) is 76.9 Å². The Bertz CT molecular complexity index is 713. The van der Waals surface area contributed by atoms with Crippen molar-refractivity contribution in [3.63, 3.8) is 0 Å². The quantitative estimate of drug-likeness (QED) is 0.781. The summed E-state index contributed by atoms with van der Waals surface area (Å²) in [5, 5.41) is 3.21. The van der Waals surface area contributed by atoms with E-state index in [9.17, 15) is 0 Å². The molecule has 1 aliphatic rings. The third-order valence-corrected chi connectivity index (χ3v) is 4.41. The van der Waals surface area contributed by atoms with Crippen LogP contribution in [-0.4, -0.2) is 13.6 Å². The largest absolute Gasteiger partial charge is 0.319 e. The van der Waals surface area contributed by atoms with Crippen molar-refractivity contribution in [2.24, 2.45) is 0 Å². The van der Waals surface area contributed by atoms with Crippen LogP contribution in [0.1, 0.15) is 28.7 Å². The zero-order valence-corrected chi connectivity index (χ0v) is 13.7. The van der Waals surface area contributed by atoms with Gasteiger partial charge in [-0.1, -0.05) is 70.5 Å². The lowest BCUT2D eigenvalue weighted by molar-refractivity contribution is 0.808. The third-order valence-electron chi connectivity index (χ3n) is 3.75. The smallest absolute Gasteiger partial charge is 0.0260 e. The maximum atomic E-state index is 3.74. The van der Waals surface area contributed by atoms with Gasteiger partial charge in [-0.3, -0.25) is 0 Å². The lowest BCUT2D eigenvalue weighted by Gasteiger charge is -2.12. The summed E-state index contributed by atoms with van der Waals surface area (Å²) in [6.45, 7) is 0.989. The standard InChI is InChI=1S/C19H18BrN/c1-21-12-6-11-16-15-8-3-2-7-14(15)13-19(20)18-10-5-4-9-17(16)18/h2-5,7-11,13,21H,6,12H2,1H3.